The van der Waals surface area contributed by atoms with E-state index in [0.29, 0.717) is 5.69 Å². The quantitative estimate of drug-likeness (QED) is 0.554. The summed E-state index contributed by atoms with van der Waals surface area (Å²) in [6.45, 7) is 1.89. The minimum absolute atomic E-state index is 0.0595. The number of hydrogen-bond acceptors (Lipinski definition) is 3. The number of rotatable bonds is 2. The smallest absolute Gasteiger partial charge is 0.258 e. The Labute approximate surface area is 86.1 Å². The first kappa shape index (κ1) is 9.39. The summed E-state index contributed by atoms with van der Waals surface area (Å²) in [6.07, 6.45) is 3.27. The molecule has 15 heavy (non-hydrogen) atoms. The van der Waals surface area contributed by atoms with Crippen molar-refractivity contribution in [3.05, 3.63) is 52.3 Å². The molecule has 0 saturated carbocycles. The van der Waals surface area contributed by atoms with Gasteiger partial charge in [0.25, 0.3) is 5.69 Å². The van der Waals surface area contributed by atoms with E-state index in [0.717, 1.165) is 5.56 Å². The second-order valence-corrected chi connectivity index (χ2v) is 3.20. The molecule has 5 heteroatoms. The van der Waals surface area contributed by atoms with Crippen LogP contribution in [-0.2, 0) is 0 Å². The molecule has 1 heterocycles. The fourth-order valence-corrected chi connectivity index (χ4v) is 1.38. The Hall–Kier alpha value is -2.17. The molecule has 1 aromatic carbocycles. The minimum Gasteiger partial charge on any atom is -0.258 e. The SMILES string of the molecule is Cc1ccc([N+](=O)[O-])c(-n2cccn2)c1. The van der Waals surface area contributed by atoms with E-state index in [1.165, 1.54) is 10.7 Å². The number of benzene rings is 1. The van der Waals surface area contributed by atoms with Gasteiger partial charge in [-0.2, -0.15) is 5.10 Å². The number of hydrogen-bond donors (Lipinski definition) is 0. The number of nitro groups is 1. The van der Waals surface area contributed by atoms with Crippen LogP contribution in [0.1, 0.15) is 5.56 Å². The number of aryl methyl sites for hydroxylation is 1. The zero-order valence-corrected chi connectivity index (χ0v) is 8.12. The molecular weight excluding hydrogens is 194 g/mol. The molecule has 76 valence electrons. The van der Waals surface area contributed by atoms with Crippen LogP contribution in [0.15, 0.2) is 36.7 Å². The van der Waals surface area contributed by atoms with Crippen molar-refractivity contribution in [2.24, 2.45) is 0 Å². The van der Waals surface area contributed by atoms with E-state index in [2.05, 4.69) is 5.10 Å². The predicted molar refractivity (Wildman–Crippen MR) is 55.0 cm³/mol. The molecule has 0 fully saturated rings. The van der Waals surface area contributed by atoms with Crippen molar-refractivity contribution in [1.29, 1.82) is 0 Å². The highest BCUT2D eigenvalue weighted by Gasteiger charge is 2.14. The summed E-state index contributed by atoms with van der Waals surface area (Å²) in [4.78, 5) is 10.4. The summed E-state index contributed by atoms with van der Waals surface area (Å²) < 4.78 is 1.49. The highest BCUT2D eigenvalue weighted by Crippen LogP contribution is 2.22. The maximum absolute atomic E-state index is 10.8. The van der Waals surface area contributed by atoms with Crippen LogP contribution in [0.25, 0.3) is 5.69 Å². The van der Waals surface area contributed by atoms with E-state index in [4.69, 9.17) is 0 Å². The molecule has 0 radical (unpaired) electrons. The van der Waals surface area contributed by atoms with E-state index in [9.17, 15) is 10.1 Å². The minimum atomic E-state index is -0.406. The standard InChI is InChI=1S/C10H9N3O2/c1-8-3-4-9(13(14)15)10(7-8)12-6-2-5-11-12/h2-7H,1H3. The van der Waals surface area contributed by atoms with Gasteiger partial charge in [0.05, 0.1) is 4.92 Å². The fourth-order valence-electron chi connectivity index (χ4n) is 1.38. The molecule has 0 amide bonds. The van der Waals surface area contributed by atoms with Gasteiger partial charge in [0.15, 0.2) is 0 Å². The van der Waals surface area contributed by atoms with Crippen LogP contribution >= 0.6 is 0 Å². The van der Waals surface area contributed by atoms with Crippen molar-refractivity contribution >= 4 is 5.69 Å². The van der Waals surface area contributed by atoms with Crippen LogP contribution in [0.5, 0.6) is 0 Å². The van der Waals surface area contributed by atoms with E-state index in [1.807, 2.05) is 6.92 Å². The average Bonchev–Trinajstić information content (AvgIpc) is 2.69. The molecule has 2 rings (SSSR count). The second kappa shape index (κ2) is 3.53. The normalized spacial score (nSPS) is 10.2. The average molecular weight is 203 g/mol. The maximum Gasteiger partial charge on any atom is 0.294 e. The molecule has 1 aromatic heterocycles. The van der Waals surface area contributed by atoms with Gasteiger partial charge in [0.1, 0.15) is 5.69 Å². The molecule has 0 atom stereocenters. The third kappa shape index (κ3) is 1.71. The first-order valence-corrected chi connectivity index (χ1v) is 4.43. The van der Waals surface area contributed by atoms with Crippen molar-refractivity contribution in [2.45, 2.75) is 6.92 Å². The Kier molecular flexibility index (Phi) is 2.21. The zero-order chi connectivity index (χ0) is 10.8. The van der Waals surface area contributed by atoms with Crippen molar-refractivity contribution in [1.82, 2.24) is 9.78 Å². The van der Waals surface area contributed by atoms with Crippen molar-refractivity contribution in [2.75, 3.05) is 0 Å². The molecule has 0 saturated heterocycles. The summed E-state index contributed by atoms with van der Waals surface area (Å²) in [6, 6.07) is 6.68. The Morgan fingerprint density at radius 3 is 2.87 bits per heavy atom. The largest absolute Gasteiger partial charge is 0.294 e. The number of nitrogens with zero attached hydrogens (tertiary/aromatic N) is 3. The lowest BCUT2D eigenvalue weighted by molar-refractivity contribution is -0.384. The molecule has 2 aromatic rings. The summed E-state index contributed by atoms with van der Waals surface area (Å²) in [5, 5.41) is 14.8. The van der Waals surface area contributed by atoms with Gasteiger partial charge >= 0.3 is 0 Å². The second-order valence-electron chi connectivity index (χ2n) is 3.20. The third-order valence-electron chi connectivity index (χ3n) is 2.08. The lowest BCUT2D eigenvalue weighted by Gasteiger charge is -2.03. The lowest BCUT2D eigenvalue weighted by Crippen LogP contribution is -2.00. The Morgan fingerprint density at radius 1 is 1.47 bits per heavy atom. The fraction of sp³-hybridized carbons (Fsp3) is 0.100. The molecule has 0 aliphatic rings. The predicted octanol–water partition coefficient (Wildman–Crippen LogP) is 2.09. The highest BCUT2D eigenvalue weighted by molar-refractivity contribution is 5.53. The molecule has 0 spiro atoms. The Bertz CT molecular complexity index is 491. The molecular formula is C10H9N3O2. The van der Waals surface area contributed by atoms with Gasteiger partial charge in [-0.05, 0) is 24.6 Å². The van der Waals surface area contributed by atoms with Crippen LogP contribution in [0.2, 0.25) is 0 Å². The van der Waals surface area contributed by atoms with Crippen LogP contribution < -0.4 is 0 Å². The van der Waals surface area contributed by atoms with E-state index in [-0.39, 0.29) is 5.69 Å². The molecule has 0 aliphatic heterocycles. The lowest BCUT2D eigenvalue weighted by atomic mass is 10.2. The van der Waals surface area contributed by atoms with Gasteiger partial charge < -0.3 is 0 Å². The summed E-state index contributed by atoms with van der Waals surface area (Å²) in [5.41, 5.74) is 1.51. The van der Waals surface area contributed by atoms with Crippen LogP contribution in [-0.4, -0.2) is 14.7 Å². The zero-order valence-electron chi connectivity index (χ0n) is 8.12. The summed E-state index contributed by atoms with van der Waals surface area (Å²) >= 11 is 0. The monoisotopic (exact) mass is 203 g/mol. The number of nitro benzene ring substituents is 1. The Balaban J connectivity index is 2.63. The molecule has 5 nitrogen and oxygen atoms in total. The van der Waals surface area contributed by atoms with E-state index >= 15 is 0 Å². The topological polar surface area (TPSA) is 61.0 Å². The first-order chi connectivity index (χ1) is 7.18. The van der Waals surface area contributed by atoms with Gasteiger partial charge in [-0.15, -0.1) is 0 Å². The van der Waals surface area contributed by atoms with Crippen LogP contribution in [0.4, 0.5) is 5.69 Å². The summed E-state index contributed by atoms with van der Waals surface area (Å²) in [7, 11) is 0. The Morgan fingerprint density at radius 2 is 2.27 bits per heavy atom. The van der Waals surface area contributed by atoms with Crippen molar-refractivity contribution in [3.63, 3.8) is 0 Å². The summed E-state index contributed by atoms with van der Waals surface area (Å²) in [5.74, 6) is 0. The molecule has 0 bridgehead atoms. The van der Waals surface area contributed by atoms with Crippen LogP contribution in [0.3, 0.4) is 0 Å². The van der Waals surface area contributed by atoms with Gasteiger partial charge in [0.2, 0.25) is 0 Å². The van der Waals surface area contributed by atoms with Gasteiger partial charge in [0, 0.05) is 18.5 Å². The van der Waals surface area contributed by atoms with Gasteiger partial charge in [-0.25, -0.2) is 4.68 Å². The van der Waals surface area contributed by atoms with E-state index in [1.54, 1.807) is 30.6 Å². The van der Waals surface area contributed by atoms with Gasteiger partial charge in [-0.3, -0.25) is 10.1 Å². The van der Waals surface area contributed by atoms with Crippen molar-refractivity contribution < 1.29 is 4.92 Å². The van der Waals surface area contributed by atoms with Gasteiger partial charge in [-0.1, -0.05) is 6.07 Å². The molecule has 0 unspecified atom stereocenters. The maximum atomic E-state index is 10.8. The van der Waals surface area contributed by atoms with Crippen molar-refractivity contribution in [3.8, 4) is 5.69 Å². The van der Waals surface area contributed by atoms with Crippen LogP contribution in [0, 0.1) is 17.0 Å². The van der Waals surface area contributed by atoms with E-state index < -0.39 is 4.92 Å². The third-order valence-corrected chi connectivity index (χ3v) is 2.08. The first-order valence-electron chi connectivity index (χ1n) is 4.43. The molecule has 0 N–H and O–H groups in total. The highest BCUT2D eigenvalue weighted by atomic mass is 16.6. The number of aromatic nitrogens is 2. The molecule has 0 aliphatic carbocycles.